The van der Waals surface area contributed by atoms with E-state index in [1.165, 1.54) is 0 Å². The summed E-state index contributed by atoms with van der Waals surface area (Å²) in [6.45, 7) is 3.82. The van der Waals surface area contributed by atoms with Crippen LogP contribution in [0.3, 0.4) is 0 Å². The van der Waals surface area contributed by atoms with Gasteiger partial charge in [-0.25, -0.2) is 0 Å². The fourth-order valence-corrected chi connectivity index (χ4v) is 3.21. The second-order valence-electron chi connectivity index (χ2n) is 5.87. The van der Waals surface area contributed by atoms with E-state index in [0.29, 0.717) is 31.0 Å². The van der Waals surface area contributed by atoms with Crippen molar-refractivity contribution >= 4 is 5.91 Å². The lowest BCUT2D eigenvalue weighted by Crippen LogP contribution is -2.29. The Morgan fingerprint density at radius 3 is 2.91 bits per heavy atom. The topological polar surface area (TPSA) is 60.5 Å². The number of ether oxygens (including phenoxy) is 1. The summed E-state index contributed by atoms with van der Waals surface area (Å²) in [5, 5.41) is 4.25. The lowest BCUT2D eigenvalue weighted by Gasteiger charge is -2.15. The van der Waals surface area contributed by atoms with Gasteiger partial charge in [0.15, 0.2) is 0 Å². The molecule has 2 atom stereocenters. The molecule has 0 bridgehead atoms. The molecule has 22 heavy (non-hydrogen) atoms. The lowest BCUT2D eigenvalue weighted by atomic mass is 9.92. The minimum absolute atomic E-state index is 0.0266. The van der Waals surface area contributed by atoms with Gasteiger partial charge in [0.05, 0.1) is 24.6 Å². The maximum absolute atomic E-state index is 12.7. The van der Waals surface area contributed by atoms with E-state index in [0.717, 1.165) is 5.56 Å². The van der Waals surface area contributed by atoms with Gasteiger partial charge >= 0.3 is 0 Å². The van der Waals surface area contributed by atoms with Crippen molar-refractivity contribution in [2.75, 3.05) is 26.8 Å². The minimum atomic E-state index is 0.0266. The van der Waals surface area contributed by atoms with E-state index >= 15 is 0 Å². The second kappa shape index (κ2) is 5.96. The van der Waals surface area contributed by atoms with Gasteiger partial charge < -0.3 is 14.1 Å². The first-order chi connectivity index (χ1) is 10.6. The van der Waals surface area contributed by atoms with Crippen LogP contribution < -0.4 is 0 Å². The Morgan fingerprint density at radius 1 is 1.50 bits per heavy atom. The number of carbonyl (C=O) groups excluding carboxylic acids is 1. The summed E-state index contributed by atoms with van der Waals surface area (Å²) in [5.74, 6) is 1.23. The summed E-state index contributed by atoms with van der Waals surface area (Å²) < 4.78 is 12.4. The highest BCUT2D eigenvalue weighted by Crippen LogP contribution is 2.33. The molecular formula is C16H21N3O3. The van der Waals surface area contributed by atoms with Crippen molar-refractivity contribution in [3.63, 3.8) is 0 Å². The predicted octanol–water partition coefficient (Wildman–Crippen LogP) is 1.82. The fourth-order valence-electron chi connectivity index (χ4n) is 3.21. The molecule has 6 heteroatoms. The van der Waals surface area contributed by atoms with Crippen LogP contribution in [0.15, 0.2) is 29.1 Å². The van der Waals surface area contributed by atoms with Crippen LogP contribution in [0.2, 0.25) is 0 Å². The normalized spacial score (nSPS) is 21.5. The SMILES string of the molecule is COC[C@@H]1CN(C(=O)c2ccoc2C)C[C@H]1c1cnn(C)c1. The standard InChI is InChI=1S/C16H21N3O3/c1-11-14(4-5-22-11)16(20)19-8-13(10-21-3)15(9-19)12-6-17-18(2)7-12/h4-7,13,15H,8-10H2,1-3H3/t13-,15-/m0/s1. The van der Waals surface area contributed by atoms with Crippen LogP contribution in [0.25, 0.3) is 0 Å². The maximum Gasteiger partial charge on any atom is 0.257 e. The number of hydrogen-bond acceptors (Lipinski definition) is 4. The summed E-state index contributed by atoms with van der Waals surface area (Å²) >= 11 is 0. The molecule has 0 N–H and O–H groups in total. The molecule has 1 saturated heterocycles. The van der Waals surface area contributed by atoms with Crippen LogP contribution in [-0.2, 0) is 11.8 Å². The minimum Gasteiger partial charge on any atom is -0.469 e. The first-order valence-electron chi connectivity index (χ1n) is 7.41. The van der Waals surface area contributed by atoms with Crippen molar-refractivity contribution in [1.82, 2.24) is 14.7 Å². The quantitative estimate of drug-likeness (QED) is 0.864. The van der Waals surface area contributed by atoms with Crippen molar-refractivity contribution in [1.29, 1.82) is 0 Å². The Hall–Kier alpha value is -2.08. The van der Waals surface area contributed by atoms with Gasteiger partial charge in [0.25, 0.3) is 5.91 Å². The van der Waals surface area contributed by atoms with Crippen molar-refractivity contribution in [2.45, 2.75) is 12.8 Å². The van der Waals surface area contributed by atoms with Gasteiger partial charge in [0.1, 0.15) is 5.76 Å². The number of aryl methyl sites for hydroxylation is 2. The van der Waals surface area contributed by atoms with E-state index < -0.39 is 0 Å². The molecule has 6 nitrogen and oxygen atoms in total. The molecule has 0 aromatic carbocycles. The van der Waals surface area contributed by atoms with Crippen LogP contribution in [0.4, 0.5) is 0 Å². The molecular weight excluding hydrogens is 282 g/mol. The van der Waals surface area contributed by atoms with Crippen molar-refractivity contribution in [3.05, 3.63) is 41.6 Å². The molecule has 1 amide bonds. The van der Waals surface area contributed by atoms with Crippen LogP contribution in [0.5, 0.6) is 0 Å². The summed E-state index contributed by atoms with van der Waals surface area (Å²) in [4.78, 5) is 14.6. The van der Waals surface area contributed by atoms with Gasteiger partial charge in [-0.15, -0.1) is 0 Å². The highest BCUT2D eigenvalue weighted by atomic mass is 16.5. The number of carbonyl (C=O) groups is 1. The highest BCUT2D eigenvalue weighted by molar-refractivity contribution is 5.95. The molecule has 1 aliphatic rings. The average Bonchev–Trinajstić information content (AvgIpc) is 3.18. The van der Waals surface area contributed by atoms with E-state index in [4.69, 9.17) is 9.15 Å². The van der Waals surface area contributed by atoms with Gasteiger partial charge in [-0.05, 0) is 18.6 Å². The molecule has 0 spiro atoms. The Balaban J connectivity index is 1.81. The Morgan fingerprint density at radius 2 is 2.32 bits per heavy atom. The molecule has 0 unspecified atom stereocenters. The maximum atomic E-state index is 12.7. The summed E-state index contributed by atoms with van der Waals surface area (Å²) in [7, 11) is 3.60. The molecule has 0 radical (unpaired) electrons. The third kappa shape index (κ3) is 2.66. The van der Waals surface area contributed by atoms with Gasteiger partial charge in [-0.3, -0.25) is 9.48 Å². The van der Waals surface area contributed by atoms with Crippen molar-refractivity contribution < 1.29 is 13.9 Å². The van der Waals surface area contributed by atoms with Crippen LogP contribution in [-0.4, -0.2) is 47.4 Å². The number of likely N-dealkylation sites (tertiary alicyclic amines) is 1. The van der Waals surface area contributed by atoms with Crippen LogP contribution >= 0.6 is 0 Å². The molecule has 3 heterocycles. The molecule has 118 valence electrons. The average molecular weight is 303 g/mol. The number of nitrogens with zero attached hydrogens (tertiary/aromatic N) is 3. The summed E-state index contributed by atoms with van der Waals surface area (Å²) in [6.07, 6.45) is 5.46. The molecule has 2 aromatic heterocycles. The summed E-state index contributed by atoms with van der Waals surface area (Å²) in [5.41, 5.74) is 1.80. The summed E-state index contributed by atoms with van der Waals surface area (Å²) in [6, 6.07) is 1.74. The smallest absolute Gasteiger partial charge is 0.257 e. The molecule has 2 aromatic rings. The zero-order chi connectivity index (χ0) is 15.7. The zero-order valence-corrected chi connectivity index (χ0v) is 13.2. The molecule has 0 saturated carbocycles. The third-order valence-electron chi connectivity index (χ3n) is 4.35. The van der Waals surface area contributed by atoms with Crippen molar-refractivity contribution in [3.8, 4) is 0 Å². The Bertz CT molecular complexity index is 661. The first-order valence-corrected chi connectivity index (χ1v) is 7.41. The lowest BCUT2D eigenvalue weighted by molar-refractivity contribution is 0.0773. The zero-order valence-electron chi connectivity index (χ0n) is 13.2. The first kappa shape index (κ1) is 14.8. The van der Waals surface area contributed by atoms with E-state index in [-0.39, 0.29) is 17.7 Å². The van der Waals surface area contributed by atoms with E-state index in [9.17, 15) is 4.79 Å². The highest BCUT2D eigenvalue weighted by Gasteiger charge is 2.37. The van der Waals surface area contributed by atoms with Gasteiger partial charge in [0.2, 0.25) is 0 Å². The Kier molecular flexibility index (Phi) is 4.02. The van der Waals surface area contributed by atoms with Gasteiger partial charge in [-0.2, -0.15) is 5.10 Å². The second-order valence-corrected chi connectivity index (χ2v) is 5.87. The number of aromatic nitrogens is 2. The van der Waals surface area contributed by atoms with Crippen LogP contribution in [0.1, 0.15) is 27.6 Å². The molecule has 3 rings (SSSR count). The van der Waals surface area contributed by atoms with E-state index in [1.807, 2.05) is 31.3 Å². The molecule has 1 aliphatic heterocycles. The largest absolute Gasteiger partial charge is 0.469 e. The number of rotatable bonds is 4. The molecule has 0 aliphatic carbocycles. The monoisotopic (exact) mass is 303 g/mol. The van der Waals surface area contributed by atoms with Gasteiger partial charge in [-0.1, -0.05) is 0 Å². The fraction of sp³-hybridized carbons (Fsp3) is 0.500. The number of amides is 1. The van der Waals surface area contributed by atoms with Crippen molar-refractivity contribution in [2.24, 2.45) is 13.0 Å². The van der Waals surface area contributed by atoms with Gasteiger partial charge in [0, 0.05) is 45.3 Å². The third-order valence-corrected chi connectivity index (χ3v) is 4.35. The molecule has 1 fully saturated rings. The van der Waals surface area contributed by atoms with Crippen LogP contribution in [0, 0.1) is 12.8 Å². The number of furan rings is 1. The van der Waals surface area contributed by atoms with E-state index in [1.54, 1.807) is 24.1 Å². The number of methoxy groups -OCH3 is 1. The Labute approximate surface area is 129 Å². The number of hydrogen-bond donors (Lipinski definition) is 0. The predicted molar refractivity (Wildman–Crippen MR) is 80.7 cm³/mol. The van der Waals surface area contributed by atoms with E-state index in [2.05, 4.69) is 5.10 Å².